The van der Waals surface area contributed by atoms with Crippen LogP contribution in [0.3, 0.4) is 0 Å². The van der Waals surface area contributed by atoms with Gasteiger partial charge in [0.2, 0.25) is 10.0 Å². The van der Waals surface area contributed by atoms with Crippen LogP contribution in [-0.4, -0.2) is 49.2 Å². The topological polar surface area (TPSA) is 116 Å². The van der Waals surface area contributed by atoms with Crippen LogP contribution < -0.4 is 10.0 Å². The Labute approximate surface area is 165 Å². The van der Waals surface area contributed by atoms with Gasteiger partial charge in [-0.1, -0.05) is 60.7 Å². The summed E-state index contributed by atoms with van der Waals surface area (Å²) in [4.78, 5) is 11.2. The maximum absolute atomic E-state index is 11.7. The van der Waals surface area contributed by atoms with Crippen LogP contribution in [0.15, 0.2) is 60.7 Å². The molecule has 0 unspecified atom stereocenters. The Morgan fingerprint density at radius 2 is 1.46 bits per heavy atom. The van der Waals surface area contributed by atoms with E-state index in [2.05, 4.69) is 10.0 Å². The standard InChI is InChI=1S/C20H26N2O5S/c1-28(26,27)22-17(12-15-8-4-2-5-9-15)14-19(23)18(21-20(24)25)13-16-10-6-3-7-11-16/h2-11,17-19,21-23H,12-14H2,1H3,(H,24,25)/t17-,18-,19+/m0/s1. The molecule has 4 N–H and O–H groups in total. The highest BCUT2D eigenvalue weighted by Crippen LogP contribution is 2.14. The van der Waals surface area contributed by atoms with Gasteiger partial charge < -0.3 is 15.5 Å². The van der Waals surface area contributed by atoms with Crippen molar-refractivity contribution in [3.05, 3.63) is 71.8 Å². The Hall–Kier alpha value is -2.42. The lowest BCUT2D eigenvalue weighted by atomic mass is 9.94. The molecule has 0 aliphatic carbocycles. The van der Waals surface area contributed by atoms with Gasteiger partial charge in [0.25, 0.3) is 0 Å². The first-order valence-corrected chi connectivity index (χ1v) is 10.8. The molecule has 2 rings (SSSR count). The van der Waals surface area contributed by atoms with Gasteiger partial charge >= 0.3 is 6.09 Å². The monoisotopic (exact) mass is 406 g/mol. The molecule has 0 bridgehead atoms. The lowest BCUT2D eigenvalue weighted by Gasteiger charge is -2.27. The molecule has 28 heavy (non-hydrogen) atoms. The number of carboxylic acid groups (broad SMARTS) is 1. The predicted octanol–water partition coefficient (Wildman–Crippen LogP) is 1.78. The van der Waals surface area contributed by atoms with Crippen molar-refractivity contribution < 1.29 is 23.4 Å². The van der Waals surface area contributed by atoms with E-state index in [-0.39, 0.29) is 6.42 Å². The molecule has 152 valence electrons. The summed E-state index contributed by atoms with van der Waals surface area (Å²) in [6.45, 7) is 0. The zero-order valence-corrected chi connectivity index (χ0v) is 16.5. The quantitative estimate of drug-likeness (QED) is 0.480. The van der Waals surface area contributed by atoms with Crippen molar-refractivity contribution in [2.45, 2.75) is 37.5 Å². The zero-order chi connectivity index (χ0) is 20.6. The lowest BCUT2D eigenvalue weighted by molar-refractivity contribution is 0.104. The van der Waals surface area contributed by atoms with Crippen LogP contribution >= 0.6 is 0 Å². The highest BCUT2D eigenvalue weighted by molar-refractivity contribution is 7.88. The van der Waals surface area contributed by atoms with Gasteiger partial charge in [0.15, 0.2) is 0 Å². The van der Waals surface area contributed by atoms with E-state index in [4.69, 9.17) is 5.11 Å². The highest BCUT2D eigenvalue weighted by atomic mass is 32.2. The summed E-state index contributed by atoms with van der Waals surface area (Å²) >= 11 is 0. The summed E-state index contributed by atoms with van der Waals surface area (Å²) in [5, 5.41) is 22.2. The smallest absolute Gasteiger partial charge is 0.404 e. The molecule has 0 aliphatic rings. The van der Waals surface area contributed by atoms with Gasteiger partial charge in [-0.15, -0.1) is 0 Å². The number of hydrogen-bond acceptors (Lipinski definition) is 4. The molecule has 0 heterocycles. The molecule has 3 atom stereocenters. The van der Waals surface area contributed by atoms with E-state index in [1.54, 1.807) is 0 Å². The SMILES string of the molecule is CS(=O)(=O)N[C@@H](Cc1ccccc1)C[C@@H](O)[C@H](Cc1ccccc1)NC(=O)O. The first kappa shape index (κ1) is 21.9. The molecular weight excluding hydrogens is 380 g/mol. The van der Waals surface area contributed by atoms with Gasteiger partial charge in [-0.3, -0.25) is 0 Å². The molecule has 2 aromatic carbocycles. The largest absolute Gasteiger partial charge is 0.465 e. The second-order valence-corrected chi connectivity index (χ2v) is 8.61. The van der Waals surface area contributed by atoms with Crippen LogP contribution in [0.25, 0.3) is 0 Å². The molecule has 7 nitrogen and oxygen atoms in total. The Bertz CT molecular complexity index is 843. The fraction of sp³-hybridized carbons (Fsp3) is 0.350. The number of aliphatic hydroxyl groups is 1. The molecule has 0 aromatic heterocycles. The predicted molar refractivity (Wildman–Crippen MR) is 108 cm³/mol. The molecule has 0 radical (unpaired) electrons. The Morgan fingerprint density at radius 1 is 0.964 bits per heavy atom. The Kier molecular flexibility index (Phi) is 7.98. The van der Waals surface area contributed by atoms with Crippen molar-refractivity contribution >= 4 is 16.1 Å². The van der Waals surface area contributed by atoms with Crippen LogP contribution in [0.4, 0.5) is 4.79 Å². The second-order valence-electron chi connectivity index (χ2n) is 6.83. The third-order valence-corrected chi connectivity index (χ3v) is 5.06. The molecule has 0 spiro atoms. The summed E-state index contributed by atoms with van der Waals surface area (Å²) < 4.78 is 26.0. The maximum atomic E-state index is 11.7. The number of sulfonamides is 1. The molecule has 0 saturated carbocycles. The van der Waals surface area contributed by atoms with E-state index in [1.807, 2.05) is 60.7 Å². The summed E-state index contributed by atoms with van der Waals surface area (Å²) in [7, 11) is -3.49. The van der Waals surface area contributed by atoms with E-state index in [1.165, 1.54) is 0 Å². The third kappa shape index (κ3) is 8.08. The third-order valence-electron chi connectivity index (χ3n) is 4.30. The van der Waals surface area contributed by atoms with E-state index in [0.29, 0.717) is 12.8 Å². The van der Waals surface area contributed by atoms with Crippen molar-refractivity contribution in [3.63, 3.8) is 0 Å². The van der Waals surface area contributed by atoms with Crippen molar-refractivity contribution in [3.8, 4) is 0 Å². The molecule has 0 aliphatic heterocycles. The van der Waals surface area contributed by atoms with Gasteiger partial charge in [-0.05, 0) is 30.4 Å². The summed E-state index contributed by atoms with van der Waals surface area (Å²) in [6.07, 6.45) is -0.495. The molecule has 0 fully saturated rings. The van der Waals surface area contributed by atoms with Crippen molar-refractivity contribution in [2.75, 3.05) is 6.26 Å². The van der Waals surface area contributed by atoms with E-state index in [0.717, 1.165) is 17.4 Å². The molecule has 8 heteroatoms. The minimum atomic E-state index is -3.49. The summed E-state index contributed by atoms with van der Waals surface area (Å²) in [6, 6.07) is 17.2. The first-order chi connectivity index (χ1) is 13.2. The summed E-state index contributed by atoms with van der Waals surface area (Å²) in [5.41, 5.74) is 1.79. The highest BCUT2D eigenvalue weighted by Gasteiger charge is 2.26. The molecule has 1 amide bonds. The number of carbonyl (C=O) groups is 1. The number of hydrogen-bond donors (Lipinski definition) is 4. The fourth-order valence-corrected chi connectivity index (χ4v) is 3.93. The van der Waals surface area contributed by atoms with E-state index < -0.39 is 34.3 Å². The number of rotatable bonds is 10. The molecule has 2 aromatic rings. The maximum Gasteiger partial charge on any atom is 0.404 e. The Morgan fingerprint density at radius 3 is 1.93 bits per heavy atom. The van der Waals surface area contributed by atoms with Gasteiger partial charge in [0.05, 0.1) is 18.4 Å². The van der Waals surface area contributed by atoms with Crippen molar-refractivity contribution in [1.29, 1.82) is 0 Å². The van der Waals surface area contributed by atoms with Gasteiger partial charge in [0, 0.05) is 6.04 Å². The molecular formula is C20H26N2O5S. The number of nitrogens with one attached hydrogen (secondary N) is 2. The number of amides is 1. The first-order valence-electron chi connectivity index (χ1n) is 8.95. The van der Waals surface area contributed by atoms with Crippen LogP contribution in [0.5, 0.6) is 0 Å². The van der Waals surface area contributed by atoms with Crippen LogP contribution in [-0.2, 0) is 22.9 Å². The van der Waals surface area contributed by atoms with Gasteiger partial charge in [-0.25, -0.2) is 17.9 Å². The van der Waals surface area contributed by atoms with E-state index in [9.17, 15) is 18.3 Å². The van der Waals surface area contributed by atoms with Gasteiger partial charge in [0.1, 0.15) is 0 Å². The molecule has 0 saturated heterocycles. The minimum absolute atomic E-state index is 0.0692. The number of aliphatic hydroxyl groups excluding tert-OH is 1. The minimum Gasteiger partial charge on any atom is -0.465 e. The fourth-order valence-electron chi connectivity index (χ4n) is 3.14. The number of benzene rings is 2. The second kappa shape index (κ2) is 10.2. The van der Waals surface area contributed by atoms with Crippen LogP contribution in [0, 0.1) is 0 Å². The van der Waals surface area contributed by atoms with Crippen molar-refractivity contribution in [1.82, 2.24) is 10.0 Å². The van der Waals surface area contributed by atoms with Crippen LogP contribution in [0.1, 0.15) is 17.5 Å². The summed E-state index contributed by atoms with van der Waals surface area (Å²) in [5.74, 6) is 0. The van der Waals surface area contributed by atoms with Crippen molar-refractivity contribution in [2.24, 2.45) is 0 Å². The lowest BCUT2D eigenvalue weighted by Crippen LogP contribution is -2.48. The van der Waals surface area contributed by atoms with Crippen LogP contribution in [0.2, 0.25) is 0 Å². The van der Waals surface area contributed by atoms with Gasteiger partial charge in [-0.2, -0.15) is 0 Å². The van der Waals surface area contributed by atoms with E-state index >= 15 is 0 Å². The normalized spacial score (nSPS) is 14.8. The Balaban J connectivity index is 2.14. The zero-order valence-electron chi connectivity index (χ0n) is 15.7. The average Bonchev–Trinajstić information content (AvgIpc) is 2.61. The average molecular weight is 407 g/mol.